The van der Waals surface area contributed by atoms with Crippen molar-refractivity contribution >= 4 is 87.4 Å². The van der Waals surface area contributed by atoms with E-state index < -0.39 is 0 Å². The molecule has 0 amide bonds. The smallest absolute Gasteiger partial charge is 0.135 e. The van der Waals surface area contributed by atoms with Gasteiger partial charge in [-0.05, 0) is 154 Å². The molecule has 16 rings (SSSR count). The fourth-order valence-corrected chi connectivity index (χ4v) is 13.3. The molecule has 2 unspecified atom stereocenters. The summed E-state index contributed by atoms with van der Waals surface area (Å²) in [5.41, 5.74) is 20.1. The highest BCUT2D eigenvalue weighted by molar-refractivity contribution is 6.15. The first-order valence-corrected chi connectivity index (χ1v) is 25.6. The minimum Gasteiger partial charge on any atom is -0.456 e. The molecule has 0 spiro atoms. The summed E-state index contributed by atoms with van der Waals surface area (Å²) < 4.78 is 13.6. The second-order valence-corrected chi connectivity index (χ2v) is 20.9. The fraction of sp³-hybridized carbons (Fsp3) is 0.0725. The predicted molar refractivity (Wildman–Crippen MR) is 305 cm³/mol. The first-order valence-electron chi connectivity index (χ1n) is 25.6. The van der Waals surface area contributed by atoms with Crippen molar-refractivity contribution < 1.29 is 4.42 Å². The van der Waals surface area contributed by atoms with Crippen molar-refractivity contribution in [2.75, 3.05) is 0 Å². The van der Waals surface area contributed by atoms with E-state index in [0.717, 1.165) is 44.3 Å². The van der Waals surface area contributed by atoms with Crippen LogP contribution in [0.5, 0.6) is 0 Å². The van der Waals surface area contributed by atoms with Crippen LogP contribution in [0.2, 0.25) is 0 Å². The summed E-state index contributed by atoms with van der Waals surface area (Å²) in [5.74, 6) is 0.887. The van der Waals surface area contributed by atoms with Gasteiger partial charge in [0, 0.05) is 66.1 Å². The van der Waals surface area contributed by atoms with Gasteiger partial charge in [0.1, 0.15) is 11.2 Å². The molecule has 2 atom stereocenters. The zero-order valence-corrected chi connectivity index (χ0v) is 40.4. The second kappa shape index (κ2) is 15.0. The molecule has 344 valence electrons. The molecule has 14 aromatic rings. The number of hydrogen-bond donors (Lipinski definition) is 0. The largest absolute Gasteiger partial charge is 0.456 e. The fourth-order valence-electron chi connectivity index (χ4n) is 13.3. The van der Waals surface area contributed by atoms with E-state index in [4.69, 9.17) is 4.42 Å². The van der Waals surface area contributed by atoms with Crippen LogP contribution in [0.3, 0.4) is 0 Å². The van der Waals surface area contributed by atoms with E-state index >= 15 is 0 Å². The van der Waals surface area contributed by atoms with Crippen LogP contribution in [0.4, 0.5) is 0 Å². The van der Waals surface area contributed by atoms with Gasteiger partial charge in [-0.3, -0.25) is 0 Å². The number of fused-ring (bicyclic) bond motifs is 15. The molecule has 0 saturated carbocycles. The molecule has 0 radical (unpaired) electrons. The number of allylic oxidation sites excluding steroid dienone is 4. The van der Waals surface area contributed by atoms with E-state index in [0.29, 0.717) is 11.8 Å². The summed E-state index contributed by atoms with van der Waals surface area (Å²) >= 11 is 0. The van der Waals surface area contributed by atoms with Gasteiger partial charge >= 0.3 is 0 Å². The number of hydrogen-bond acceptors (Lipinski definition) is 1. The van der Waals surface area contributed by atoms with Gasteiger partial charge in [0.05, 0.1) is 33.1 Å². The maximum Gasteiger partial charge on any atom is 0.135 e. The highest BCUT2D eigenvalue weighted by Crippen LogP contribution is 2.53. The van der Waals surface area contributed by atoms with E-state index in [9.17, 15) is 0 Å². The lowest BCUT2D eigenvalue weighted by Crippen LogP contribution is -2.24. The molecular formula is C69H47N3O. The molecule has 4 heteroatoms. The first kappa shape index (κ1) is 40.6. The number of furan rings is 1. The van der Waals surface area contributed by atoms with Gasteiger partial charge < -0.3 is 18.1 Å². The van der Waals surface area contributed by atoms with Crippen LogP contribution in [0, 0.1) is 5.92 Å². The quantitative estimate of drug-likeness (QED) is 0.169. The van der Waals surface area contributed by atoms with E-state index in [1.165, 1.54) is 93.5 Å². The average molecular weight is 934 g/mol. The summed E-state index contributed by atoms with van der Waals surface area (Å²) in [6.07, 6.45) is 9.25. The topological polar surface area (TPSA) is 27.9 Å². The Kier molecular flexibility index (Phi) is 8.32. The molecule has 73 heavy (non-hydrogen) atoms. The summed E-state index contributed by atoms with van der Waals surface area (Å²) in [4.78, 5) is 0. The number of rotatable bonds is 5. The van der Waals surface area contributed by atoms with Gasteiger partial charge in [-0.15, -0.1) is 0 Å². The molecule has 0 aliphatic heterocycles. The monoisotopic (exact) mass is 933 g/mol. The highest BCUT2D eigenvalue weighted by Gasteiger charge is 2.44. The average Bonchev–Trinajstić information content (AvgIpc) is 4.22. The van der Waals surface area contributed by atoms with Crippen molar-refractivity contribution in [3.05, 3.63) is 248 Å². The van der Waals surface area contributed by atoms with Crippen molar-refractivity contribution in [1.82, 2.24) is 13.7 Å². The van der Waals surface area contributed by atoms with E-state index in [1.807, 2.05) is 6.07 Å². The van der Waals surface area contributed by atoms with Crippen molar-refractivity contribution in [3.63, 3.8) is 0 Å². The Balaban J connectivity index is 0.877. The van der Waals surface area contributed by atoms with Crippen LogP contribution in [-0.4, -0.2) is 13.7 Å². The Labute approximate surface area is 421 Å². The third-order valence-corrected chi connectivity index (χ3v) is 16.7. The number of benzene rings is 10. The molecule has 0 N–H and O–H groups in total. The maximum atomic E-state index is 6.32. The third-order valence-electron chi connectivity index (χ3n) is 16.7. The minimum atomic E-state index is 0.0317. The zero-order valence-electron chi connectivity index (χ0n) is 40.4. The molecule has 0 fully saturated rings. The Hall–Kier alpha value is -9.12. The normalized spacial score (nSPS) is 16.1. The van der Waals surface area contributed by atoms with Crippen molar-refractivity contribution in [1.29, 1.82) is 0 Å². The van der Waals surface area contributed by atoms with Crippen LogP contribution in [-0.2, 0) is 5.41 Å². The number of nitrogens with zero attached hydrogens (tertiary/aromatic N) is 3. The molecule has 10 aromatic carbocycles. The lowest BCUT2D eigenvalue weighted by atomic mass is 9.74. The summed E-state index contributed by atoms with van der Waals surface area (Å²) in [6.45, 7) is 4.84. The van der Waals surface area contributed by atoms with Gasteiger partial charge in [0.15, 0.2) is 0 Å². The van der Waals surface area contributed by atoms with E-state index in [1.54, 1.807) is 0 Å². The number of para-hydroxylation sites is 4. The Morgan fingerprint density at radius 1 is 0.342 bits per heavy atom. The summed E-state index contributed by atoms with van der Waals surface area (Å²) in [6, 6.07) is 78.7. The number of aromatic nitrogens is 3. The standard InChI is InChI=1S/C69H47N3O/c1-69(2)59-20-10-6-16-49(59)50-30-28-48(41-60(50)69)72-62-22-12-8-18-52(62)55-37-43(25-32-64(55)72)45-27-34-66-57(39-45)56-38-44(26-33-65(56)71(66)47-29-35-68-58(40-47)53-19-9-13-23-67(53)73-68)42-24-31-63-54(36-42)51-17-7-11-21-61(51)70(63)46-14-4-3-5-15-46/h3-41,49,59H,1-2H3. The van der Waals surface area contributed by atoms with Crippen LogP contribution >= 0.6 is 0 Å². The molecule has 4 heterocycles. The van der Waals surface area contributed by atoms with Crippen molar-refractivity contribution in [2.24, 2.45) is 5.92 Å². The minimum absolute atomic E-state index is 0.0317. The van der Waals surface area contributed by atoms with Crippen LogP contribution in [0.15, 0.2) is 241 Å². The summed E-state index contributed by atoms with van der Waals surface area (Å²) in [5, 5.41) is 9.65. The molecule has 4 aromatic heterocycles. The van der Waals surface area contributed by atoms with Crippen molar-refractivity contribution in [2.45, 2.75) is 25.2 Å². The van der Waals surface area contributed by atoms with Gasteiger partial charge in [0.2, 0.25) is 0 Å². The lowest BCUT2D eigenvalue weighted by molar-refractivity contribution is 0.394. The van der Waals surface area contributed by atoms with Crippen molar-refractivity contribution in [3.8, 4) is 39.3 Å². The highest BCUT2D eigenvalue weighted by atomic mass is 16.3. The van der Waals surface area contributed by atoms with E-state index in [-0.39, 0.29) is 5.41 Å². The molecule has 4 nitrogen and oxygen atoms in total. The second-order valence-electron chi connectivity index (χ2n) is 20.9. The molecular weight excluding hydrogens is 887 g/mol. The third kappa shape index (κ3) is 5.78. The Morgan fingerprint density at radius 2 is 0.795 bits per heavy atom. The lowest BCUT2D eigenvalue weighted by Gasteiger charge is -2.29. The van der Waals surface area contributed by atoms with Gasteiger partial charge in [-0.25, -0.2) is 0 Å². The summed E-state index contributed by atoms with van der Waals surface area (Å²) in [7, 11) is 0. The zero-order chi connectivity index (χ0) is 48.1. The SMILES string of the molecule is CC1(C)c2cc(-n3c4ccccc4c4cc(-c5ccc6c(c5)c5cc(-c7ccc8c(c7)c7ccccc7n8-c7ccccc7)ccc5n6-c5ccc6oc7ccccc7c6c5)ccc43)ccc2C2C=CC=CC21. The van der Waals surface area contributed by atoms with Gasteiger partial charge in [-0.2, -0.15) is 0 Å². The Bertz CT molecular complexity index is 4720. The van der Waals surface area contributed by atoms with Crippen LogP contribution in [0.25, 0.3) is 127 Å². The van der Waals surface area contributed by atoms with E-state index in [2.05, 4.69) is 258 Å². The first-order chi connectivity index (χ1) is 35.9. The maximum absolute atomic E-state index is 6.32. The van der Waals surface area contributed by atoms with Crippen LogP contribution < -0.4 is 0 Å². The predicted octanol–water partition coefficient (Wildman–Crippen LogP) is 18.3. The Morgan fingerprint density at radius 3 is 1.40 bits per heavy atom. The molecule has 0 bridgehead atoms. The van der Waals surface area contributed by atoms with Gasteiger partial charge in [0.25, 0.3) is 0 Å². The van der Waals surface area contributed by atoms with Crippen LogP contribution in [0.1, 0.15) is 30.9 Å². The van der Waals surface area contributed by atoms with Gasteiger partial charge in [-0.1, -0.05) is 141 Å². The molecule has 2 aliphatic carbocycles. The molecule has 2 aliphatic rings. The molecule has 0 saturated heterocycles.